The lowest BCUT2D eigenvalue weighted by molar-refractivity contribution is 0.321. The fraction of sp³-hybridized carbons (Fsp3) is 0.688. The van der Waals surface area contributed by atoms with Crippen LogP contribution in [-0.4, -0.2) is 9.55 Å². The maximum Gasteiger partial charge on any atom is 0.112 e. The van der Waals surface area contributed by atoms with E-state index in [1.165, 1.54) is 184 Å². The fourth-order valence-corrected chi connectivity index (χ4v) is 8.31. The Morgan fingerprint density at radius 2 is 0.940 bits per heavy atom. The second-order valence-electron chi connectivity index (χ2n) is 15.9. The minimum atomic E-state index is -0.0284. The summed E-state index contributed by atoms with van der Waals surface area (Å²) in [7, 11) is 0. The lowest BCUT2D eigenvalue weighted by Crippen LogP contribution is -2.35. The summed E-state index contributed by atoms with van der Waals surface area (Å²) in [6, 6.07) is 22.6. The smallest absolute Gasteiger partial charge is 0.112 e. The highest BCUT2D eigenvalue weighted by Crippen LogP contribution is 2.44. The van der Waals surface area contributed by atoms with Crippen LogP contribution in [0.1, 0.15) is 211 Å². The average molecular weight is 683 g/mol. The number of hydrogen-bond acceptors (Lipinski definition) is 1. The Labute approximate surface area is 310 Å². The third-order valence-electron chi connectivity index (χ3n) is 11.5. The Morgan fingerprint density at radius 3 is 1.42 bits per heavy atom. The number of nitrogens with zero attached hydrogens (tertiary/aromatic N) is 2. The Kier molecular flexibility index (Phi) is 23.0. The molecule has 2 heteroatoms. The van der Waals surface area contributed by atoms with Crippen LogP contribution in [0.25, 0.3) is 0 Å². The van der Waals surface area contributed by atoms with E-state index in [4.69, 9.17) is 4.98 Å². The van der Waals surface area contributed by atoms with Gasteiger partial charge >= 0.3 is 0 Å². The second-order valence-corrected chi connectivity index (χ2v) is 15.9. The van der Waals surface area contributed by atoms with E-state index in [1.807, 2.05) is 0 Å². The Balaban J connectivity index is 1.56. The summed E-state index contributed by atoms with van der Waals surface area (Å²) in [4.78, 5) is 5.17. The monoisotopic (exact) mass is 683 g/mol. The predicted molar refractivity (Wildman–Crippen MR) is 220 cm³/mol. The van der Waals surface area contributed by atoms with Crippen LogP contribution in [0.2, 0.25) is 0 Å². The number of unbranched alkanes of at least 4 members (excludes halogenated alkanes) is 23. The van der Waals surface area contributed by atoms with E-state index >= 15 is 0 Å². The van der Waals surface area contributed by atoms with Crippen molar-refractivity contribution in [2.75, 3.05) is 0 Å². The highest BCUT2D eigenvalue weighted by molar-refractivity contribution is 5.33. The number of aromatic nitrogens is 2. The lowest BCUT2D eigenvalue weighted by atomic mass is 9.66. The van der Waals surface area contributed by atoms with Crippen molar-refractivity contribution in [3.8, 4) is 0 Å². The van der Waals surface area contributed by atoms with Crippen molar-refractivity contribution < 1.29 is 0 Å². The molecule has 3 rings (SSSR count). The molecule has 0 N–H and O–H groups in total. The summed E-state index contributed by atoms with van der Waals surface area (Å²) >= 11 is 0. The first-order valence-corrected chi connectivity index (χ1v) is 21.8. The van der Waals surface area contributed by atoms with Crippen LogP contribution in [0.5, 0.6) is 0 Å². The molecule has 1 aromatic heterocycles. The van der Waals surface area contributed by atoms with Crippen LogP contribution >= 0.6 is 0 Å². The fourth-order valence-electron chi connectivity index (χ4n) is 8.31. The first kappa shape index (κ1) is 42.1. The van der Waals surface area contributed by atoms with Crippen LogP contribution in [-0.2, 0) is 18.4 Å². The molecule has 2 aromatic carbocycles. The van der Waals surface area contributed by atoms with Crippen molar-refractivity contribution in [3.05, 3.63) is 90.0 Å². The highest BCUT2D eigenvalue weighted by atomic mass is 15.1. The molecule has 0 saturated heterocycles. The maximum absolute atomic E-state index is 5.17. The summed E-state index contributed by atoms with van der Waals surface area (Å²) in [6.07, 6.45) is 41.5. The minimum absolute atomic E-state index is 0.0284. The summed E-state index contributed by atoms with van der Waals surface area (Å²) in [6.45, 7) is 8.24. The number of benzene rings is 2. The molecule has 0 radical (unpaired) electrons. The molecule has 0 amide bonds. The Bertz CT molecular complexity index is 1170. The Hall–Kier alpha value is -2.35. The predicted octanol–water partition coefficient (Wildman–Crippen LogP) is 15.3. The molecule has 0 saturated carbocycles. The van der Waals surface area contributed by atoms with Gasteiger partial charge in [-0.1, -0.05) is 236 Å². The van der Waals surface area contributed by atoms with Gasteiger partial charge in [-0.15, -0.1) is 0 Å². The third kappa shape index (κ3) is 16.8. The number of rotatable bonds is 32. The Morgan fingerprint density at radius 1 is 0.520 bits per heavy atom. The van der Waals surface area contributed by atoms with Crippen LogP contribution in [0.4, 0.5) is 0 Å². The molecule has 0 aliphatic rings. The molecule has 0 aliphatic carbocycles. The van der Waals surface area contributed by atoms with Gasteiger partial charge in [-0.25, -0.2) is 4.98 Å². The second kappa shape index (κ2) is 27.3. The van der Waals surface area contributed by atoms with Crippen LogP contribution in [0.15, 0.2) is 73.1 Å². The van der Waals surface area contributed by atoms with Crippen molar-refractivity contribution >= 4 is 0 Å². The third-order valence-corrected chi connectivity index (χ3v) is 11.5. The van der Waals surface area contributed by atoms with Crippen LogP contribution in [0.3, 0.4) is 0 Å². The molecule has 0 spiro atoms. The zero-order valence-corrected chi connectivity index (χ0v) is 33.2. The molecule has 2 unspecified atom stereocenters. The van der Waals surface area contributed by atoms with Crippen LogP contribution in [0, 0.1) is 0 Å². The van der Waals surface area contributed by atoms with Gasteiger partial charge in [0.25, 0.3) is 0 Å². The van der Waals surface area contributed by atoms with Gasteiger partial charge in [0, 0.05) is 30.3 Å². The zero-order chi connectivity index (χ0) is 35.4. The van der Waals surface area contributed by atoms with Gasteiger partial charge in [0.1, 0.15) is 5.82 Å². The molecule has 2 atom stereocenters. The molecule has 0 fully saturated rings. The number of hydrogen-bond donors (Lipinski definition) is 0. The maximum atomic E-state index is 5.17. The SMILES string of the molecule is CCCCCCCCCCCCCCCC(c1nccn1CCCCCCCCCCCCCC)C(C)(Cc1ccccc1)c1ccccc1. The van der Waals surface area contributed by atoms with Gasteiger partial charge in [-0.2, -0.15) is 0 Å². The first-order chi connectivity index (χ1) is 24.7. The van der Waals surface area contributed by atoms with E-state index in [9.17, 15) is 0 Å². The van der Waals surface area contributed by atoms with Gasteiger partial charge in [-0.05, 0) is 30.4 Å². The van der Waals surface area contributed by atoms with E-state index in [2.05, 4.69) is 98.4 Å². The van der Waals surface area contributed by atoms with Gasteiger partial charge in [0.15, 0.2) is 0 Å². The highest BCUT2D eigenvalue weighted by Gasteiger charge is 2.39. The minimum Gasteiger partial charge on any atom is -0.335 e. The van der Waals surface area contributed by atoms with E-state index in [-0.39, 0.29) is 5.41 Å². The van der Waals surface area contributed by atoms with Gasteiger partial charge in [0.05, 0.1) is 0 Å². The molecule has 1 heterocycles. The van der Waals surface area contributed by atoms with Crippen molar-refractivity contribution in [2.45, 2.75) is 212 Å². The van der Waals surface area contributed by atoms with Gasteiger partial charge < -0.3 is 4.57 Å². The summed E-state index contributed by atoms with van der Waals surface area (Å²) in [5.74, 6) is 1.69. The van der Waals surface area contributed by atoms with Gasteiger partial charge in [0.2, 0.25) is 0 Å². The number of imidazole rings is 1. The van der Waals surface area contributed by atoms with E-state index in [0.29, 0.717) is 5.92 Å². The van der Waals surface area contributed by atoms with Crippen LogP contribution < -0.4 is 0 Å². The summed E-state index contributed by atoms with van der Waals surface area (Å²) in [5.41, 5.74) is 2.84. The summed E-state index contributed by atoms with van der Waals surface area (Å²) in [5, 5.41) is 0. The molecular weight excluding hydrogens is 605 g/mol. The largest absolute Gasteiger partial charge is 0.335 e. The van der Waals surface area contributed by atoms with Crippen molar-refractivity contribution in [3.63, 3.8) is 0 Å². The lowest BCUT2D eigenvalue weighted by Gasteiger charge is -2.39. The normalized spacial score (nSPS) is 13.4. The molecule has 2 nitrogen and oxygen atoms in total. The quantitative estimate of drug-likeness (QED) is 0.0599. The molecular formula is C48H78N2. The topological polar surface area (TPSA) is 17.8 Å². The van der Waals surface area contributed by atoms with Crippen molar-refractivity contribution in [2.24, 2.45) is 0 Å². The van der Waals surface area contributed by atoms with Gasteiger partial charge in [-0.3, -0.25) is 0 Å². The molecule has 50 heavy (non-hydrogen) atoms. The molecule has 0 bridgehead atoms. The first-order valence-electron chi connectivity index (χ1n) is 21.8. The van der Waals surface area contributed by atoms with E-state index < -0.39 is 0 Å². The molecule has 280 valence electrons. The standard InChI is InChI=1S/C48H78N2/c1-4-6-8-10-12-14-16-18-19-21-23-25-33-39-46(48(3,45-37-31-28-32-38-45)43-44-35-29-27-30-36-44)47-49-40-42-50(47)41-34-26-24-22-20-17-15-13-11-9-7-5-2/h27-32,35-38,40,42,46H,4-26,33-34,39,41,43H2,1-3H3. The van der Waals surface area contributed by atoms with Crippen molar-refractivity contribution in [1.82, 2.24) is 9.55 Å². The van der Waals surface area contributed by atoms with E-state index in [0.717, 1.165) is 13.0 Å². The molecule has 0 aliphatic heterocycles. The zero-order valence-electron chi connectivity index (χ0n) is 33.2. The molecule has 3 aromatic rings. The number of aryl methyl sites for hydroxylation is 1. The summed E-state index contributed by atoms with van der Waals surface area (Å²) < 4.78 is 2.54. The van der Waals surface area contributed by atoms with E-state index in [1.54, 1.807) is 0 Å². The van der Waals surface area contributed by atoms with Crippen molar-refractivity contribution in [1.29, 1.82) is 0 Å². The average Bonchev–Trinajstić information content (AvgIpc) is 3.60.